The third-order valence-electron chi connectivity index (χ3n) is 3.83. The number of fused-ring (bicyclic) bond motifs is 1. The molecule has 0 spiro atoms. The molecule has 138 valence electrons. The number of hydrogen-bond acceptors (Lipinski definition) is 6. The quantitative estimate of drug-likeness (QED) is 0.282. The van der Waals surface area contributed by atoms with Crippen LogP contribution in [0, 0.1) is 29.6 Å². The summed E-state index contributed by atoms with van der Waals surface area (Å²) in [5, 5.41) is 18.0. The minimum absolute atomic E-state index is 0.0656. The van der Waals surface area contributed by atoms with Gasteiger partial charge in [0.1, 0.15) is 23.5 Å². The van der Waals surface area contributed by atoms with Gasteiger partial charge in [-0.3, -0.25) is 0 Å². The predicted octanol–water partition coefficient (Wildman–Crippen LogP) is 6.11. The molecule has 0 amide bonds. The van der Waals surface area contributed by atoms with Crippen LogP contribution in [0.25, 0.3) is 15.1 Å². The van der Waals surface area contributed by atoms with Crippen LogP contribution in [0.5, 0.6) is 5.75 Å². The number of thiazole rings is 1. The van der Waals surface area contributed by atoms with Gasteiger partial charge in [-0.05, 0) is 49.8 Å². The highest BCUT2D eigenvalue weighted by atomic mass is 32.2. The zero-order valence-corrected chi connectivity index (χ0v) is 17.1. The van der Waals surface area contributed by atoms with Crippen LogP contribution >= 0.6 is 23.1 Å². The molecule has 3 aromatic rings. The first-order valence-electron chi connectivity index (χ1n) is 8.63. The number of ether oxygens (including phenoxy) is 1. The van der Waals surface area contributed by atoms with Gasteiger partial charge in [-0.1, -0.05) is 41.6 Å². The summed E-state index contributed by atoms with van der Waals surface area (Å²) in [6.45, 7) is 4.62. The normalized spacial score (nSPS) is 10.9. The molecule has 0 saturated heterocycles. The van der Waals surface area contributed by atoms with Gasteiger partial charge < -0.3 is 4.74 Å². The minimum Gasteiger partial charge on any atom is -0.494 e. The fourth-order valence-electron chi connectivity index (χ4n) is 2.44. The van der Waals surface area contributed by atoms with Crippen molar-refractivity contribution < 1.29 is 4.74 Å². The lowest BCUT2D eigenvalue weighted by Crippen LogP contribution is -1.89. The molecule has 0 aliphatic rings. The molecule has 2 aromatic carbocycles. The molecule has 4 nitrogen and oxygen atoms in total. The highest BCUT2D eigenvalue weighted by Crippen LogP contribution is 2.39. The fourth-order valence-corrected chi connectivity index (χ4v) is 4.60. The second kappa shape index (κ2) is 9.23. The molecule has 0 unspecified atom stereocenters. The van der Waals surface area contributed by atoms with E-state index >= 15 is 0 Å². The third kappa shape index (κ3) is 4.80. The van der Waals surface area contributed by atoms with E-state index in [1.54, 1.807) is 23.5 Å². The largest absolute Gasteiger partial charge is 0.494 e. The van der Waals surface area contributed by atoms with Gasteiger partial charge >= 0.3 is 0 Å². The number of aromatic nitrogens is 1. The first kappa shape index (κ1) is 19.7. The third-order valence-corrected chi connectivity index (χ3v) is 6.00. The Labute approximate surface area is 172 Å². The molecule has 1 heterocycles. The summed E-state index contributed by atoms with van der Waals surface area (Å²) >= 11 is 3.11. The summed E-state index contributed by atoms with van der Waals surface area (Å²) in [7, 11) is 0. The highest BCUT2D eigenvalue weighted by molar-refractivity contribution is 8.09. The van der Waals surface area contributed by atoms with Gasteiger partial charge in [0.05, 0.1) is 16.8 Å². The van der Waals surface area contributed by atoms with Crippen molar-refractivity contribution in [3.05, 3.63) is 71.3 Å². The number of hydrogen-bond donors (Lipinski definition) is 0. The van der Waals surface area contributed by atoms with Gasteiger partial charge in [0, 0.05) is 4.91 Å². The van der Waals surface area contributed by atoms with E-state index in [2.05, 4.69) is 0 Å². The second-order valence-corrected chi connectivity index (χ2v) is 8.16. The number of nitriles is 2. The molecule has 0 fully saturated rings. The Bertz CT molecular complexity index is 1110. The van der Waals surface area contributed by atoms with Crippen molar-refractivity contribution in [3.63, 3.8) is 0 Å². The van der Waals surface area contributed by atoms with E-state index in [0.717, 1.165) is 30.8 Å². The smallest absolute Gasteiger partial charge is 0.155 e. The lowest BCUT2D eigenvalue weighted by Gasteiger charge is -2.05. The van der Waals surface area contributed by atoms with E-state index in [0.29, 0.717) is 6.61 Å². The number of benzene rings is 2. The monoisotopic (exact) mass is 403 g/mol. The second-order valence-electron chi connectivity index (χ2n) is 5.85. The van der Waals surface area contributed by atoms with Crippen molar-refractivity contribution in [1.82, 2.24) is 4.98 Å². The first-order valence-corrected chi connectivity index (χ1v) is 10.3. The topological polar surface area (TPSA) is 69.7 Å². The van der Waals surface area contributed by atoms with Crippen molar-refractivity contribution in [2.75, 3.05) is 6.61 Å². The average molecular weight is 404 g/mol. The number of aryl methyl sites for hydroxylation is 1. The maximum absolute atomic E-state index is 9.00. The van der Waals surface area contributed by atoms with E-state index in [1.807, 2.05) is 68.5 Å². The number of nitrogens with zero attached hydrogens (tertiary/aromatic N) is 3. The van der Waals surface area contributed by atoms with Crippen LogP contribution in [-0.2, 0) is 0 Å². The summed E-state index contributed by atoms with van der Waals surface area (Å²) in [4.78, 5) is 5.62. The van der Waals surface area contributed by atoms with E-state index in [4.69, 9.17) is 20.2 Å². The summed E-state index contributed by atoms with van der Waals surface area (Å²) in [6.07, 6.45) is 3.34. The predicted molar refractivity (Wildman–Crippen MR) is 115 cm³/mol. The van der Waals surface area contributed by atoms with Crippen LogP contribution in [-0.4, -0.2) is 11.6 Å². The molecule has 0 saturated carbocycles. The van der Waals surface area contributed by atoms with Crippen LogP contribution in [0.15, 0.2) is 64.5 Å². The SMILES string of the molecule is CCOc1ccc2nc(SC(=CC=C(C#N)C#N)c3ccc(C)cc3)sc2c1. The number of rotatable bonds is 6. The highest BCUT2D eigenvalue weighted by Gasteiger charge is 2.10. The molecule has 28 heavy (non-hydrogen) atoms. The molecule has 0 atom stereocenters. The first-order chi connectivity index (χ1) is 13.6. The fraction of sp³-hybridized carbons (Fsp3) is 0.136. The van der Waals surface area contributed by atoms with Crippen molar-refractivity contribution in [2.24, 2.45) is 0 Å². The maximum Gasteiger partial charge on any atom is 0.155 e. The van der Waals surface area contributed by atoms with E-state index < -0.39 is 0 Å². The summed E-state index contributed by atoms with van der Waals surface area (Å²) in [6, 6.07) is 17.8. The number of allylic oxidation sites excluding steroid dienone is 3. The Morgan fingerprint density at radius 2 is 1.89 bits per heavy atom. The Balaban J connectivity index is 1.97. The molecule has 6 heteroatoms. The Kier molecular flexibility index (Phi) is 6.49. The van der Waals surface area contributed by atoms with Crippen LogP contribution in [0.1, 0.15) is 18.1 Å². The molecule has 0 aliphatic heterocycles. The summed E-state index contributed by atoms with van der Waals surface area (Å²) < 4.78 is 7.51. The number of thioether (sulfide) groups is 1. The van der Waals surface area contributed by atoms with Gasteiger partial charge in [0.15, 0.2) is 4.34 Å². The summed E-state index contributed by atoms with van der Waals surface area (Å²) in [5.74, 6) is 0.833. The van der Waals surface area contributed by atoms with Crippen molar-refractivity contribution in [3.8, 4) is 17.9 Å². The van der Waals surface area contributed by atoms with Crippen molar-refractivity contribution >= 4 is 38.2 Å². The molecular weight excluding hydrogens is 386 g/mol. The van der Waals surface area contributed by atoms with E-state index in [1.165, 1.54) is 17.3 Å². The van der Waals surface area contributed by atoms with Crippen LogP contribution < -0.4 is 4.74 Å². The molecule has 1 aromatic heterocycles. The standard InChI is InChI=1S/C22H17N3OS2/c1-3-26-18-9-10-19-21(12-18)28-22(25-19)27-20(11-6-16(13-23)14-24)17-7-4-15(2)5-8-17/h4-12H,3H2,1-2H3. The molecule has 0 N–H and O–H groups in total. The molecule has 0 radical (unpaired) electrons. The lowest BCUT2D eigenvalue weighted by atomic mass is 10.1. The van der Waals surface area contributed by atoms with Gasteiger partial charge in [-0.2, -0.15) is 10.5 Å². The van der Waals surface area contributed by atoms with Crippen LogP contribution in [0.4, 0.5) is 0 Å². The van der Waals surface area contributed by atoms with Crippen LogP contribution in [0.3, 0.4) is 0 Å². The van der Waals surface area contributed by atoms with Crippen molar-refractivity contribution in [1.29, 1.82) is 10.5 Å². The average Bonchev–Trinajstić information content (AvgIpc) is 3.10. The molecule has 0 aliphatic carbocycles. The maximum atomic E-state index is 9.00. The zero-order chi connectivity index (χ0) is 19.9. The van der Waals surface area contributed by atoms with Gasteiger partial charge in [-0.25, -0.2) is 4.98 Å². The van der Waals surface area contributed by atoms with Gasteiger partial charge in [0.25, 0.3) is 0 Å². The molecular formula is C22H17N3OS2. The van der Waals surface area contributed by atoms with Gasteiger partial charge in [0.2, 0.25) is 0 Å². The molecule has 3 rings (SSSR count). The van der Waals surface area contributed by atoms with Crippen LogP contribution in [0.2, 0.25) is 0 Å². The van der Waals surface area contributed by atoms with E-state index in [-0.39, 0.29) is 5.57 Å². The molecule has 0 bridgehead atoms. The van der Waals surface area contributed by atoms with E-state index in [9.17, 15) is 0 Å². The Morgan fingerprint density at radius 1 is 1.14 bits per heavy atom. The summed E-state index contributed by atoms with van der Waals surface area (Å²) in [5.41, 5.74) is 3.17. The van der Waals surface area contributed by atoms with Gasteiger partial charge in [-0.15, -0.1) is 11.3 Å². The minimum atomic E-state index is 0.0656. The lowest BCUT2D eigenvalue weighted by molar-refractivity contribution is 0.341. The zero-order valence-electron chi connectivity index (χ0n) is 15.5. The Hall–Kier alpha value is -3.06. The van der Waals surface area contributed by atoms with Crippen molar-refractivity contribution in [2.45, 2.75) is 18.2 Å². The Morgan fingerprint density at radius 3 is 2.57 bits per heavy atom.